The zero-order chi connectivity index (χ0) is 30.5. The van der Waals surface area contributed by atoms with Crippen LogP contribution in [0, 0.1) is 0 Å². The number of carbonyl (C=O) groups excluding carboxylic acids is 2. The highest BCUT2D eigenvalue weighted by molar-refractivity contribution is 6.34. The summed E-state index contributed by atoms with van der Waals surface area (Å²) in [5.41, 5.74) is 6.19. The summed E-state index contributed by atoms with van der Waals surface area (Å²) >= 11 is 12.6. The van der Waals surface area contributed by atoms with Gasteiger partial charge < -0.3 is 35.1 Å². The molecule has 0 spiro atoms. The van der Waals surface area contributed by atoms with Crippen LogP contribution in [0.2, 0.25) is 10.0 Å². The number of hydrogen-bond acceptors (Lipinski definition) is 8. The molecule has 0 saturated carbocycles. The third-order valence-corrected chi connectivity index (χ3v) is 7.96. The van der Waals surface area contributed by atoms with E-state index in [-0.39, 0.29) is 50.8 Å². The molecule has 2 amide bonds. The van der Waals surface area contributed by atoms with E-state index in [4.69, 9.17) is 28.9 Å². The van der Waals surface area contributed by atoms with Crippen LogP contribution in [-0.2, 0) is 18.4 Å². The SMILES string of the molecule is CC1CN(C)CC(C)N1c1cc(NC(=O)Cn2cc(-c3cc(Cl)c(O)c(C(N)=O)c3)c3c(=O)n(C)cnc32)c(Cl)cn1. The molecule has 1 aromatic carbocycles. The maximum atomic E-state index is 13.3. The van der Waals surface area contributed by atoms with Gasteiger partial charge in [0.15, 0.2) is 0 Å². The second-order valence-corrected chi connectivity index (χ2v) is 11.5. The van der Waals surface area contributed by atoms with Gasteiger partial charge in [-0.2, -0.15) is 0 Å². The summed E-state index contributed by atoms with van der Waals surface area (Å²) in [5.74, 6) is -1.06. The Morgan fingerprint density at radius 3 is 2.45 bits per heavy atom. The van der Waals surface area contributed by atoms with E-state index in [1.54, 1.807) is 19.3 Å². The van der Waals surface area contributed by atoms with E-state index in [2.05, 4.69) is 46.0 Å². The van der Waals surface area contributed by atoms with Crippen LogP contribution >= 0.6 is 23.2 Å². The molecule has 0 aliphatic carbocycles. The Bertz CT molecular complexity index is 1770. The van der Waals surface area contributed by atoms with Gasteiger partial charge in [0, 0.05) is 50.0 Å². The monoisotopic (exact) mass is 612 g/mol. The van der Waals surface area contributed by atoms with Gasteiger partial charge in [-0.25, -0.2) is 9.97 Å². The van der Waals surface area contributed by atoms with E-state index < -0.39 is 17.6 Å². The molecular weight excluding hydrogens is 583 g/mol. The van der Waals surface area contributed by atoms with E-state index in [1.165, 1.54) is 33.8 Å². The average molecular weight is 614 g/mol. The van der Waals surface area contributed by atoms with Gasteiger partial charge in [0.25, 0.3) is 11.5 Å². The molecule has 14 heteroatoms. The third-order valence-electron chi connectivity index (χ3n) is 7.37. The minimum Gasteiger partial charge on any atom is -0.506 e. The number of anilines is 2. The average Bonchev–Trinajstić information content (AvgIpc) is 3.27. The highest BCUT2D eigenvalue weighted by atomic mass is 35.5. The number of primary amides is 1. The molecule has 4 N–H and O–H groups in total. The van der Waals surface area contributed by atoms with Crippen molar-refractivity contribution in [2.75, 3.05) is 30.4 Å². The number of hydrogen-bond donors (Lipinski definition) is 3. The number of aryl methyl sites for hydroxylation is 1. The molecule has 5 rings (SSSR count). The minimum absolute atomic E-state index is 0.118. The van der Waals surface area contributed by atoms with Crippen molar-refractivity contribution in [2.24, 2.45) is 12.8 Å². The Hall–Kier alpha value is -4.13. The number of likely N-dealkylation sites (N-methyl/N-ethyl adjacent to an activating group) is 1. The van der Waals surface area contributed by atoms with Gasteiger partial charge in [0.2, 0.25) is 5.91 Å². The summed E-state index contributed by atoms with van der Waals surface area (Å²) < 4.78 is 2.82. The molecule has 4 heterocycles. The molecule has 220 valence electrons. The molecule has 1 saturated heterocycles. The summed E-state index contributed by atoms with van der Waals surface area (Å²) in [5, 5.41) is 13.4. The number of amides is 2. The van der Waals surface area contributed by atoms with Crippen molar-refractivity contribution >= 4 is 57.6 Å². The first kappa shape index (κ1) is 29.4. The molecule has 3 aromatic heterocycles. The Morgan fingerprint density at radius 1 is 1.10 bits per heavy atom. The lowest BCUT2D eigenvalue weighted by Gasteiger charge is -2.44. The lowest BCUT2D eigenvalue weighted by molar-refractivity contribution is -0.116. The summed E-state index contributed by atoms with van der Waals surface area (Å²) in [6.45, 7) is 5.79. The number of fused-ring (bicyclic) bond motifs is 1. The second-order valence-electron chi connectivity index (χ2n) is 10.6. The van der Waals surface area contributed by atoms with E-state index in [0.29, 0.717) is 22.6 Å². The number of phenols is 1. The fourth-order valence-electron chi connectivity index (χ4n) is 5.59. The molecule has 12 nitrogen and oxygen atoms in total. The number of nitrogens with two attached hydrogens (primary N) is 1. The number of carbonyl (C=O) groups is 2. The van der Waals surface area contributed by atoms with Gasteiger partial charge in [-0.05, 0) is 38.6 Å². The molecule has 4 aromatic rings. The van der Waals surface area contributed by atoms with Gasteiger partial charge in [0.05, 0.1) is 39.2 Å². The van der Waals surface area contributed by atoms with Gasteiger partial charge in [-0.1, -0.05) is 23.2 Å². The van der Waals surface area contributed by atoms with Crippen molar-refractivity contribution in [2.45, 2.75) is 32.5 Å². The topological polar surface area (TPSA) is 152 Å². The first-order valence-corrected chi connectivity index (χ1v) is 13.9. The lowest BCUT2D eigenvalue weighted by atomic mass is 10.0. The quantitative estimate of drug-likeness (QED) is 0.300. The maximum Gasteiger partial charge on any atom is 0.263 e. The van der Waals surface area contributed by atoms with E-state index >= 15 is 0 Å². The lowest BCUT2D eigenvalue weighted by Crippen LogP contribution is -2.56. The molecule has 0 bridgehead atoms. The molecule has 1 fully saturated rings. The number of halogens is 2. The van der Waals surface area contributed by atoms with E-state index in [9.17, 15) is 19.5 Å². The Kier molecular flexibility index (Phi) is 7.88. The first-order chi connectivity index (χ1) is 19.8. The van der Waals surface area contributed by atoms with E-state index in [0.717, 1.165) is 13.1 Å². The Balaban J connectivity index is 1.49. The molecule has 2 unspecified atom stereocenters. The van der Waals surface area contributed by atoms with Crippen LogP contribution in [0.4, 0.5) is 11.5 Å². The number of pyridine rings is 1. The number of nitrogens with one attached hydrogen (secondary N) is 1. The summed E-state index contributed by atoms with van der Waals surface area (Å²) in [7, 11) is 3.63. The van der Waals surface area contributed by atoms with Crippen molar-refractivity contribution in [1.29, 1.82) is 0 Å². The van der Waals surface area contributed by atoms with Crippen molar-refractivity contribution < 1.29 is 14.7 Å². The minimum atomic E-state index is -0.889. The standard InChI is InChI=1S/C28H30Cl2N8O4/c1-14-9-35(3)10-15(2)38(14)22-7-21(20(30)8-32-22)34-23(39)12-37-11-18(24-27(37)33-13-36(4)28(24)42)16-5-17(26(31)41)25(40)19(29)6-16/h5-8,11,13-15,40H,9-10,12H2,1-4H3,(H2,31,41)(H,32,34,39). The predicted octanol–water partition coefficient (Wildman–Crippen LogP) is 3.08. The van der Waals surface area contributed by atoms with Crippen LogP contribution in [-0.4, -0.2) is 73.1 Å². The van der Waals surface area contributed by atoms with Crippen molar-refractivity contribution in [3.63, 3.8) is 0 Å². The van der Waals surface area contributed by atoms with Gasteiger partial charge in [-0.3, -0.25) is 14.4 Å². The zero-order valence-electron chi connectivity index (χ0n) is 23.4. The van der Waals surface area contributed by atoms with Crippen molar-refractivity contribution in [3.05, 3.63) is 62.9 Å². The highest BCUT2D eigenvalue weighted by Gasteiger charge is 2.29. The summed E-state index contributed by atoms with van der Waals surface area (Å²) in [6, 6.07) is 4.92. The molecular formula is C28H30Cl2N8O4. The Labute approximate surface area is 251 Å². The first-order valence-electron chi connectivity index (χ1n) is 13.1. The summed E-state index contributed by atoms with van der Waals surface area (Å²) in [4.78, 5) is 51.8. The van der Waals surface area contributed by atoms with E-state index in [1.807, 2.05) is 0 Å². The largest absolute Gasteiger partial charge is 0.506 e. The maximum absolute atomic E-state index is 13.3. The molecule has 2 atom stereocenters. The van der Waals surface area contributed by atoms with Crippen LogP contribution in [0.3, 0.4) is 0 Å². The fourth-order valence-corrected chi connectivity index (χ4v) is 5.96. The number of piperazine rings is 1. The van der Waals surface area contributed by atoms with Gasteiger partial charge >= 0.3 is 0 Å². The van der Waals surface area contributed by atoms with Gasteiger partial charge in [0.1, 0.15) is 23.8 Å². The molecule has 1 aliphatic heterocycles. The van der Waals surface area contributed by atoms with Crippen molar-refractivity contribution in [1.82, 2.24) is 24.0 Å². The van der Waals surface area contributed by atoms with Crippen LogP contribution in [0.5, 0.6) is 5.75 Å². The number of benzene rings is 1. The number of aromatic hydroxyl groups is 1. The van der Waals surface area contributed by atoms with Gasteiger partial charge in [-0.15, -0.1) is 0 Å². The smallest absolute Gasteiger partial charge is 0.263 e. The third kappa shape index (κ3) is 5.40. The number of rotatable bonds is 6. The van der Waals surface area contributed by atoms with Crippen molar-refractivity contribution in [3.8, 4) is 16.9 Å². The Morgan fingerprint density at radius 2 is 1.79 bits per heavy atom. The van der Waals surface area contributed by atoms with Crippen LogP contribution in [0.15, 0.2) is 41.7 Å². The molecule has 0 radical (unpaired) electrons. The normalized spacial score (nSPS) is 17.5. The van der Waals surface area contributed by atoms with Crippen LogP contribution in [0.1, 0.15) is 24.2 Å². The molecule has 42 heavy (non-hydrogen) atoms. The summed E-state index contributed by atoms with van der Waals surface area (Å²) in [6.07, 6.45) is 4.44. The zero-order valence-corrected chi connectivity index (χ0v) is 24.9. The number of nitrogens with zero attached hydrogens (tertiary/aromatic N) is 6. The second kappa shape index (κ2) is 11.3. The van der Waals surface area contributed by atoms with Crippen LogP contribution in [0.25, 0.3) is 22.2 Å². The number of aromatic nitrogens is 4. The fraction of sp³-hybridized carbons (Fsp3) is 0.321. The highest BCUT2D eigenvalue weighted by Crippen LogP contribution is 2.36. The van der Waals surface area contributed by atoms with Crippen LogP contribution < -0.4 is 21.5 Å². The molecule has 1 aliphatic rings. The predicted molar refractivity (Wildman–Crippen MR) is 162 cm³/mol.